The fraction of sp³-hybridized carbons (Fsp3) is 0.421. The van der Waals surface area contributed by atoms with Crippen LogP contribution in [0.25, 0.3) is 10.6 Å². The Hall–Kier alpha value is -2.25. The highest BCUT2D eigenvalue weighted by atomic mass is 32.1. The third kappa shape index (κ3) is 5.12. The Kier molecular flexibility index (Phi) is 6.00. The van der Waals surface area contributed by atoms with Gasteiger partial charge in [0.05, 0.1) is 18.7 Å². The molecule has 1 aliphatic rings. The van der Waals surface area contributed by atoms with Gasteiger partial charge in [-0.05, 0) is 19.8 Å². The highest BCUT2D eigenvalue weighted by Crippen LogP contribution is 2.24. The summed E-state index contributed by atoms with van der Waals surface area (Å²) in [6, 6.07) is 8.39. The van der Waals surface area contributed by atoms with Gasteiger partial charge in [-0.15, -0.1) is 11.3 Å². The molecule has 1 fully saturated rings. The summed E-state index contributed by atoms with van der Waals surface area (Å²) in [4.78, 5) is 29.9. The van der Waals surface area contributed by atoms with Crippen LogP contribution in [-0.4, -0.2) is 47.4 Å². The van der Waals surface area contributed by atoms with Crippen molar-refractivity contribution >= 4 is 23.2 Å². The lowest BCUT2D eigenvalue weighted by atomic mass is 10.0. The quantitative estimate of drug-likeness (QED) is 0.808. The van der Waals surface area contributed by atoms with E-state index in [1.165, 1.54) is 5.56 Å². The molecule has 0 aliphatic carbocycles. The van der Waals surface area contributed by atoms with Crippen molar-refractivity contribution in [1.29, 1.82) is 0 Å². The lowest BCUT2D eigenvalue weighted by molar-refractivity contribution is -0.122. The van der Waals surface area contributed by atoms with E-state index in [1.807, 2.05) is 10.3 Å². The first-order chi connectivity index (χ1) is 12.5. The number of nitrogens with one attached hydrogen (secondary N) is 1. The van der Waals surface area contributed by atoms with Gasteiger partial charge in [0.15, 0.2) is 0 Å². The van der Waals surface area contributed by atoms with Gasteiger partial charge in [-0.2, -0.15) is 0 Å². The molecule has 3 rings (SSSR count). The van der Waals surface area contributed by atoms with Crippen LogP contribution in [0.3, 0.4) is 0 Å². The molecule has 138 valence electrons. The van der Waals surface area contributed by atoms with Gasteiger partial charge in [0, 0.05) is 30.1 Å². The molecule has 0 bridgehead atoms. The molecule has 7 heteroatoms. The number of carbonyl (C=O) groups excluding carboxylic acids is 2. The molecule has 1 aromatic carbocycles. The fourth-order valence-corrected chi connectivity index (χ4v) is 3.94. The van der Waals surface area contributed by atoms with Crippen molar-refractivity contribution in [2.45, 2.75) is 32.2 Å². The van der Waals surface area contributed by atoms with E-state index in [0.29, 0.717) is 13.0 Å². The number of primary amides is 1. The number of aromatic nitrogens is 1. The monoisotopic (exact) mass is 372 g/mol. The number of hydrogen-bond donors (Lipinski definition) is 2. The fourth-order valence-electron chi connectivity index (χ4n) is 3.12. The van der Waals surface area contributed by atoms with Gasteiger partial charge in [0.2, 0.25) is 11.8 Å². The zero-order chi connectivity index (χ0) is 18.5. The Bertz CT molecular complexity index is 764. The number of rotatable bonds is 6. The first kappa shape index (κ1) is 18.5. The Balaban J connectivity index is 1.48. The van der Waals surface area contributed by atoms with E-state index in [2.05, 4.69) is 41.5 Å². The topological polar surface area (TPSA) is 88.3 Å². The zero-order valence-electron chi connectivity index (χ0n) is 14.9. The largest absolute Gasteiger partial charge is 0.369 e. The van der Waals surface area contributed by atoms with Gasteiger partial charge < -0.3 is 11.1 Å². The van der Waals surface area contributed by atoms with Crippen LogP contribution in [0.1, 0.15) is 24.1 Å². The molecule has 6 nitrogen and oxygen atoms in total. The predicted octanol–water partition coefficient (Wildman–Crippen LogP) is 1.73. The van der Waals surface area contributed by atoms with Gasteiger partial charge in [0.25, 0.3) is 0 Å². The number of hydrogen-bond acceptors (Lipinski definition) is 5. The molecule has 2 amide bonds. The van der Waals surface area contributed by atoms with Crippen LogP contribution >= 0.6 is 11.3 Å². The molecule has 0 unspecified atom stereocenters. The third-order valence-corrected chi connectivity index (χ3v) is 5.46. The molecule has 0 spiro atoms. The lowest BCUT2D eigenvalue weighted by Crippen LogP contribution is -2.47. The second-order valence-corrected chi connectivity index (χ2v) is 7.63. The first-order valence-corrected chi connectivity index (χ1v) is 9.69. The van der Waals surface area contributed by atoms with Crippen molar-refractivity contribution in [2.24, 2.45) is 5.73 Å². The van der Waals surface area contributed by atoms with Crippen LogP contribution in [0.4, 0.5) is 0 Å². The van der Waals surface area contributed by atoms with Crippen LogP contribution < -0.4 is 11.1 Å². The summed E-state index contributed by atoms with van der Waals surface area (Å²) in [5.74, 6) is -0.306. The molecule has 0 atom stereocenters. The Morgan fingerprint density at radius 3 is 2.62 bits per heavy atom. The Labute approximate surface area is 157 Å². The lowest BCUT2D eigenvalue weighted by Gasteiger charge is -2.31. The number of aryl methyl sites for hydroxylation is 1. The smallest absolute Gasteiger partial charge is 0.231 e. The van der Waals surface area contributed by atoms with E-state index in [9.17, 15) is 9.59 Å². The average Bonchev–Trinajstić information content (AvgIpc) is 3.05. The molecule has 0 saturated carbocycles. The van der Waals surface area contributed by atoms with Gasteiger partial charge in [-0.3, -0.25) is 14.5 Å². The normalized spacial score (nSPS) is 15.7. The van der Waals surface area contributed by atoms with Gasteiger partial charge in [0.1, 0.15) is 5.01 Å². The number of nitrogens with two attached hydrogens (primary N) is 1. The van der Waals surface area contributed by atoms with Gasteiger partial charge in [-0.25, -0.2) is 4.98 Å². The summed E-state index contributed by atoms with van der Waals surface area (Å²) >= 11 is 1.56. The van der Waals surface area contributed by atoms with Crippen LogP contribution in [0.5, 0.6) is 0 Å². The minimum atomic E-state index is -0.305. The zero-order valence-corrected chi connectivity index (χ0v) is 15.7. The van der Waals surface area contributed by atoms with E-state index in [1.54, 1.807) is 11.3 Å². The second-order valence-electron chi connectivity index (χ2n) is 6.77. The number of nitrogens with zero attached hydrogens (tertiary/aromatic N) is 2. The van der Waals surface area contributed by atoms with Crippen LogP contribution in [0.2, 0.25) is 0 Å². The van der Waals surface area contributed by atoms with Crippen LogP contribution in [-0.2, 0) is 16.0 Å². The number of thiazole rings is 1. The van der Waals surface area contributed by atoms with Gasteiger partial charge >= 0.3 is 0 Å². The molecule has 1 saturated heterocycles. The summed E-state index contributed by atoms with van der Waals surface area (Å²) in [7, 11) is 0. The minimum absolute atomic E-state index is 0.000827. The van der Waals surface area contributed by atoms with E-state index in [0.717, 1.165) is 42.2 Å². The minimum Gasteiger partial charge on any atom is -0.369 e. The van der Waals surface area contributed by atoms with Crippen LogP contribution in [0, 0.1) is 6.92 Å². The number of piperidine rings is 1. The summed E-state index contributed by atoms with van der Waals surface area (Å²) in [6.45, 7) is 3.91. The van der Waals surface area contributed by atoms with E-state index >= 15 is 0 Å². The molecule has 2 aromatic rings. The SMILES string of the molecule is Cc1ccc(-c2nc(CC(=O)NC3CCN(CC(N)=O)CC3)cs2)cc1. The molecule has 2 heterocycles. The summed E-state index contributed by atoms with van der Waals surface area (Å²) in [5.41, 5.74) is 8.31. The molecule has 1 aromatic heterocycles. The van der Waals surface area contributed by atoms with Gasteiger partial charge in [-0.1, -0.05) is 29.8 Å². The maximum absolute atomic E-state index is 12.3. The van der Waals surface area contributed by atoms with E-state index in [-0.39, 0.29) is 17.9 Å². The van der Waals surface area contributed by atoms with Crippen molar-refractivity contribution in [1.82, 2.24) is 15.2 Å². The van der Waals surface area contributed by atoms with E-state index in [4.69, 9.17) is 5.73 Å². The summed E-state index contributed by atoms with van der Waals surface area (Å²) < 4.78 is 0. The number of carbonyl (C=O) groups is 2. The Morgan fingerprint density at radius 2 is 1.96 bits per heavy atom. The summed E-state index contributed by atoms with van der Waals surface area (Å²) in [5, 5.41) is 5.97. The average molecular weight is 372 g/mol. The molecule has 3 N–H and O–H groups in total. The standard InChI is InChI=1S/C19H24N4O2S/c1-13-2-4-14(5-3-13)19-22-16(12-26-19)10-18(25)21-15-6-8-23(9-7-15)11-17(20)24/h2-5,12,15H,6-11H2,1H3,(H2,20,24)(H,21,25). The highest BCUT2D eigenvalue weighted by molar-refractivity contribution is 7.13. The first-order valence-electron chi connectivity index (χ1n) is 8.81. The molecule has 26 heavy (non-hydrogen) atoms. The Morgan fingerprint density at radius 1 is 1.27 bits per heavy atom. The molecular weight excluding hydrogens is 348 g/mol. The van der Waals surface area contributed by atoms with Crippen LogP contribution in [0.15, 0.2) is 29.6 Å². The summed E-state index contributed by atoms with van der Waals surface area (Å²) in [6.07, 6.45) is 1.97. The van der Waals surface area contributed by atoms with Crippen molar-refractivity contribution in [3.63, 3.8) is 0 Å². The maximum atomic E-state index is 12.3. The predicted molar refractivity (Wildman–Crippen MR) is 103 cm³/mol. The number of likely N-dealkylation sites (tertiary alicyclic amines) is 1. The molecule has 1 aliphatic heterocycles. The second kappa shape index (κ2) is 8.42. The number of amides is 2. The highest BCUT2D eigenvalue weighted by Gasteiger charge is 2.21. The van der Waals surface area contributed by atoms with Crippen molar-refractivity contribution < 1.29 is 9.59 Å². The van der Waals surface area contributed by atoms with Crippen molar-refractivity contribution in [2.75, 3.05) is 19.6 Å². The molecular formula is C19H24N4O2S. The molecule has 0 radical (unpaired) electrons. The van der Waals surface area contributed by atoms with E-state index < -0.39 is 0 Å². The van der Waals surface area contributed by atoms with Crippen molar-refractivity contribution in [3.05, 3.63) is 40.9 Å². The third-order valence-electron chi connectivity index (χ3n) is 4.52. The number of benzene rings is 1. The van der Waals surface area contributed by atoms with Crippen molar-refractivity contribution in [3.8, 4) is 10.6 Å². The maximum Gasteiger partial charge on any atom is 0.231 e.